The van der Waals surface area contributed by atoms with Gasteiger partial charge in [0, 0.05) is 43.1 Å². The van der Waals surface area contributed by atoms with E-state index in [0.717, 1.165) is 11.1 Å². The summed E-state index contributed by atoms with van der Waals surface area (Å²) in [6.07, 6.45) is 0. The Morgan fingerprint density at radius 1 is 0.373 bits per heavy atom. The first-order valence-corrected chi connectivity index (χ1v) is 29.9. The molecule has 12 nitrogen and oxygen atoms in total. The molecule has 18 heteroatoms. The van der Waals surface area contributed by atoms with Crippen molar-refractivity contribution in [3.05, 3.63) is 49.4 Å². The Bertz CT molecular complexity index is 1910. The highest BCUT2D eigenvalue weighted by Gasteiger charge is 2.47. The van der Waals surface area contributed by atoms with Crippen molar-refractivity contribution in [2.75, 3.05) is 134 Å². The molecule has 4 aromatic rings. The van der Waals surface area contributed by atoms with Gasteiger partial charge in [0.05, 0.1) is 150 Å². The van der Waals surface area contributed by atoms with Crippen LogP contribution in [0.2, 0.25) is 16.6 Å². The van der Waals surface area contributed by atoms with E-state index in [4.69, 9.17) is 56.8 Å². The molecular weight excluding hydrogens is 1060 g/mol. The average Bonchev–Trinajstić information content (AvgIpc) is 4.10. The molecule has 0 saturated carbocycles. The molecule has 0 aliphatic heterocycles. The Morgan fingerprint density at radius 2 is 0.657 bits per heavy atom. The molecule has 0 amide bonds. The fourth-order valence-corrected chi connectivity index (χ4v) is 23.4. The first-order valence-electron chi connectivity index (χ1n) is 23.3. The van der Waals surface area contributed by atoms with Gasteiger partial charge in [-0.05, 0) is 90.2 Å². The molecule has 0 atom stereocenters. The summed E-state index contributed by atoms with van der Waals surface area (Å²) >= 11 is 9.86. The summed E-state index contributed by atoms with van der Waals surface area (Å²) in [5, 5.41) is 0. The van der Waals surface area contributed by atoms with Gasteiger partial charge < -0.3 is 56.8 Å². The highest BCUT2D eigenvalue weighted by Crippen LogP contribution is 2.50. The molecule has 0 radical (unpaired) electrons. The van der Waals surface area contributed by atoms with Crippen molar-refractivity contribution >= 4 is 80.5 Å². The van der Waals surface area contributed by atoms with Crippen LogP contribution in [0.25, 0.3) is 29.3 Å². The largest absolute Gasteiger partial charge is 0.382 e. The third-order valence-corrected chi connectivity index (χ3v) is 25.4. The lowest BCUT2D eigenvalue weighted by Gasteiger charge is -2.43. The number of hydrogen-bond donors (Lipinski definition) is 0. The zero-order valence-corrected chi connectivity index (χ0v) is 48.0. The Labute approximate surface area is 431 Å². The minimum Gasteiger partial charge on any atom is -0.382 e. The molecule has 0 aliphatic carbocycles. The van der Waals surface area contributed by atoms with Crippen LogP contribution in [0.5, 0.6) is 0 Å². The van der Waals surface area contributed by atoms with Gasteiger partial charge in [-0.1, -0.05) is 41.5 Å². The summed E-state index contributed by atoms with van der Waals surface area (Å²) in [7, 11) is 4.65. The van der Waals surface area contributed by atoms with Crippen LogP contribution in [0, 0.1) is 2.88 Å². The van der Waals surface area contributed by atoms with E-state index in [1.807, 2.05) is 34.0 Å². The lowest BCUT2D eigenvalue weighted by atomic mass is 10.1. The molecule has 67 heavy (non-hydrogen) atoms. The van der Waals surface area contributed by atoms with Crippen LogP contribution < -0.4 is 4.50 Å². The van der Waals surface area contributed by atoms with E-state index in [0.29, 0.717) is 149 Å². The van der Waals surface area contributed by atoms with Gasteiger partial charge in [0.1, 0.15) is 8.07 Å². The molecule has 4 aromatic heterocycles. The van der Waals surface area contributed by atoms with Crippen LogP contribution >= 0.6 is 67.9 Å². The van der Waals surface area contributed by atoms with Crippen LogP contribution in [0.15, 0.2) is 24.3 Å². The predicted molar refractivity (Wildman–Crippen MR) is 287 cm³/mol. The fourth-order valence-electron chi connectivity index (χ4n) is 8.40. The van der Waals surface area contributed by atoms with Crippen molar-refractivity contribution in [2.24, 2.45) is 0 Å². The Morgan fingerprint density at radius 3 is 1.01 bits per heavy atom. The summed E-state index contributed by atoms with van der Waals surface area (Å²) in [4.78, 5) is 7.29. The molecule has 0 aromatic carbocycles. The summed E-state index contributed by atoms with van der Waals surface area (Å²) in [5.74, 6) is 0. The first kappa shape index (κ1) is 58.8. The second kappa shape index (κ2) is 33.1. The molecule has 0 fully saturated rings. The molecule has 0 aliphatic rings. The molecular formula is C49H77IO12S4Si. The van der Waals surface area contributed by atoms with Crippen molar-refractivity contribution in [3.63, 3.8) is 0 Å². The number of ether oxygens (including phenoxy) is 12. The number of halogens is 1. The monoisotopic (exact) mass is 1140 g/mol. The highest BCUT2D eigenvalue weighted by molar-refractivity contribution is 14.1. The van der Waals surface area contributed by atoms with E-state index in [9.17, 15) is 0 Å². The first-order chi connectivity index (χ1) is 32.5. The Kier molecular flexibility index (Phi) is 29.1. The topological polar surface area (TPSA) is 111 Å². The Balaban J connectivity index is 1.78. The normalized spacial score (nSPS) is 12.3. The van der Waals surface area contributed by atoms with Gasteiger partial charge in [-0.15, -0.1) is 45.3 Å². The van der Waals surface area contributed by atoms with Crippen molar-refractivity contribution in [3.8, 4) is 29.3 Å². The molecule has 380 valence electrons. The van der Waals surface area contributed by atoms with Gasteiger partial charge in [0.25, 0.3) is 0 Å². The summed E-state index contributed by atoms with van der Waals surface area (Å²) in [6, 6.07) is 9.30. The lowest BCUT2D eigenvalue weighted by Crippen LogP contribution is -2.55. The van der Waals surface area contributed by atoms with Crippen LogP contribution in [0.1, 0.15) is 63.8 Å². The maximum absolute atomic E-state index is 6.42. The molecule has 0 N–H and O–H groups in total. The molecule has 0 bridgehead atoms. The van der Waals surface area contributed by atoms with Crippen LogP contribution in [-0.2, 0) is 83.3 Å². The zero-order valence-electron chi connectivity index (χ0n) is 41.6. The minimum atomic E-state index is -2.08. The lowest BCUT2D eigenvalue weighted by molar-refractivity contribution is 0.0200. The van der Waals surface area contributed by atoms with Crippen molar-refractivity contribution in [1.29, 1.82) is 0 Å². The Hall–Kier alpha value is -0.733. The maximum Gasteiger partial charge on any atom is 0.108 e. The molecule has 0 spiro atoms. The van der Waals surface area contributed by atoms with Gasteiger partial charge in [0.2, 0.25) is 0 Å². The second-order valence-electron chi connectivity index (χ2n) is 16.8. The van der Waals surface area contributed by atoms with Gasteiger partial charge in [0.15, 0.2) is 0 Å². The van der Waals surface area contributed by atoms with Gasteiger partial charge >= 0.3 is 0 Å². The summed E-state index contributed by atoms with van der Waals surface area (Å²) in [6.45, 7) is 25.0. The summed E-state index contributed by atoms with van der Waals surface area (Å²) in [5.41, 5.74) is 6.39. The third kappa shape index (κ3) is 18.4. The number of methoxy groups -OCH3 is 4. The second-order valence-corrected chi connectivity index (χ2v) is 29.1. The van der Waals surface area contributed by atoms with Crippen molar-refractivity contribution in [1.82, 2.24) is 0 Å². The van der Waals surface area contributed by atoms with Crippen LogP contribution in [-0.4, -0.2) is 142 Å². The quantitative estimate of drug-likeness (QED) is 0.0241. The SMILES string of the molecule is COCCOCCOCc1cc(I)sc1-c1cc(COCCOCCOC)c(-c2cc(COCCOCCOC)c(-c3cc(COCCOCCOC)c([Si](C(C)C)(C(C)C)C(C)C)s3)s2)s1. The average molecular weight is 1140 g/mol. The number of hydrogen-bond acceptors (Lipinski definition) is 16. The smallest absolute Gasteiger partial charge is 0.108 e. The highest BCUT2D eigenvalue weighted by atomic mass is 127. The van der Waals surface area contributed by atoms with E-state index in [-0.39, 0.29) is 0 Å². The number of thiophene rings is 4. The molecule has 4 rings (SSSR count). The van der Waals surface area contributed by atoms with E-state index in [1.54, 1.807) is 44.3 Å². The predicted octanol–water partition coefficient (Wildman–Crippen LogP) is 11.1. The molecule has 0 unspecified atom stereocenters. The molecule has 0 saturated heterocycles. The van der Waals surface area contributed by atoms with Crippen molar-refractivity contribution in [2.45, 2.75) is 84.6 Å². The van der Waals surface area contributed by atoms with E-state index in [1.165, 1.54) is 43.3 Å². The maximum atomic E-state index is 6.42. The summed E-state index contributed by atoms with van der Waals surface area (Å²) < 4.78 is 71.6. The number of rotatable bonds is 39. The zero-order chi connectivity index (χ0) is 48.4. The fraction of sp³-hybridized carbons (Fsp3) is 0.673. The van der Waals surface area contributed by atoms with Crippen LogP contribution in [0.4, 0.5) is 0 Å². The minimum absolute atomic E-state index is 0.454. The van der Waals surface area contributed by atoms with Gasteiger partial charge in [-0.25, -0.2) is 0 Å². The van der Waals surface area contributed by atoms with Gasteiger partial charge in [-0.3, -0.25) is 0 Å². The standard InChI is InChI=1S/C49H77IO12S4Si/c1-35(2)67(36(3)4,37(5)6)49-41(34-62-26-22-58-18-14-54-10)29-44(65-49)47-39(32-60-24-20-56-16-12-52-8)27-42(63-47)46-38(31-59-23-19-55-15-11-51-7)28-43(64-46)48-40(30-45(50)66-48)33-61-25-21-57-17-13-53-9/h27-30,35-37H,11-26,31-34H2,1-10H3. The van der Waals surface area contributed by atoms with E-state index in [2.05, 4.69) is 88.4 Å². The van der Waals surface area contributed by atoms with E-state index < -0.39 is 8.07 Å². The molecule has 4 heterocycles. The van der Waals surface area contributed by atoms with Crippen LogP contribution in [0.3, 0.4) is 0 Å². The third-order valence-electron chi connectivity index (χ3n) is 11.4. The van der Waals surface area contributed by atoms with E-state index >= 15 is 0 Å². The van der Waals surface area contributed by atoms with Gasteiger partial charge in [-0.2, -0.15) is 0 Å². The van der Waals surface area contributed by atoms with Crippen molar-refractivity contribution < 1.29 is 56.8 Å².